The summed E-state index contributed by atoms with van der Waals surface area (Å²) in [7, 11) is 3.91. The van der Waals surface area contributed by atoms with Crippen LogP contribution in [0.25, 0.3) is 0 Å². The van der Waals surface area contributed by atoms with E-state index in [-0.39, 0.29) is 6.10 Å². The van der Waals surface area contributed by atoms with Crippen molar-refractivity contribution >= 4 is 0 Å². The van der Waals surface area contributed by atoms with Gasteiger partial charge in [0.1, 0.15) is 5.82 Å². The normalized spacial score (nSPS) is 30.6. The Balaban J connectivity index is 1.46. The molecule has 0 aromatic carbocycles. The van der Waals surface area contributed by atoms with Gasteiger partial charge in [-0.05, 0) is 37.2 Å². The van der Waals surface area contributed by atoms with Crippen molar-refractivity contribution in [3.63, 3.8) is 0 Å². The molecule has 1 aliphatic heterocycles. The molecule has 0 bridgehead atoms. The summed E-state index contributed by atoms with van der Waals surface area (Å²) in [6.45, 7) is 5.35. The van der Waals surface area contributed by atoms with E-state index in [1.165, 1.54) is 5.56 Å². The van der Waals surface area contributed by atoms with E-state index in [1.807, 2.05) is 25.7 Å². The third-order valence-electron chi connectivity index (χ3n) is 5.82. The molecule has 0 spiro atoms. The summed E-state index contributed by atoms with van der Waals surface area (Å²) >= 11 is 0. The zero-order valence-electron chi connectivity index (χ0n) is 14.8. The van der Waals surface area contributed by atoms with E-state index in [9.17, 15) is 0 Å². The van der Waals surface area contributed by atoms with Crippen LogP contribution in [0.2, 0.25) is 0 Å². The SMILES string of the molecule is CO[C@H]1C[C@@H]2CN(Cc3nccn3C)C[C@@H]2C[C@@H]1n1cc(C)cn1. The standard InChI is InChI=1S/C18H27N5O/c1-13-8-20-23(9-13)16-6-14-10-22(11-15(14)7-17(16)24-3)12-18-19-4-5-21(18)2/h4-5,8-9,14-17H,6-7,10-12H2,1-3H3/t14-,15+,16-,17-/m0/s1. The van der Waals surface area contributed by atoms with Crippen molar-refractivity contribution in [3.8, 4) is 0 Å². The summed E-state index contributed by atoms with van der Waals surface area (Å²) in [6, 6.07) is 0.359. The van der Waals surface area contributed by atoms with Crippen LogP contribution in [-0.2, 0) is 18.3 Å². The number of methoxy groups -OCH3 is 1. The number of hydrogen-bond acceptors (Lipinski definition) is 4. The Morgan fingerprint density at radius 2 is 2.04 bits per heavy atom. The van der Waals surface area contributed by atoms with Crippen LogP contribution < -0.4 is 0 Å². The van der Waals surface area contributed by atoms with Gasteiger partial charge in [0, 0.05) is 45.8 Å². The number of nitrogens with zero attached hydrogens (tertiary/aromatic N) is 5. The molecule has 130 valence electrons. The van der Waals surface area contributed by atoms with Gasteiger partial charge in [-0.25, -0.2) is 4.98 Å². The Morgan fingerprint density at radius 1 is 1.25 bits per heavy atom. The van der Waals surface area contributed by atoms with Crippen LogP contribution in [0, 0.1) is 18.8 Å². The third-order valence-corrected chi connectivity index (χ3v) is 5.82. The van der Waals surface area contributed by atoms with E-state index < -0.39 is 0 Å². The summed E-state index contributed by atoms with van der Waals surface area (Å²) in [6.07, 6.45) is 10.5. The lowest BCUT2D eigenvalue weighted by Crippen LogP contribution is -2.37. The first kappa shape index (κ1) is 15.8. The van der Waals surface area contributed by atoms with Crippen molar-refractivity contribution in [2.45, 2.75) is 38.5 Å². The predicted molar refractivity (Wildman–Crippen MR) is 91.5 cm³/mol. The monoisotopic (exact) mass is 329 g/mol. The number of rotatable bonds is 4. The maximum atomic E-state index is 5.84. The highest BCUT2D eigenvalue weighted by molar-refractivity contribution is 5.04. The summed E-state index contributed by atoms with van der Waals surface area (Å²) < 4.78 is 10.1. The van der Waals surface area contributed by atoms with Crippen molar-refractivity contribution in [2.75, 3.05) is 20.2 Å². The number of fused-ring (bicyclic) bond motifs is 1. The third kappa shape index (κ3) is 2.89. The van der Waals surface area contributed by atoms with Gasteiger partial charge in [-0.3, -0.25) is 9.58 Å². The average Bonchev–Trinajstić information content (AvgIpc) is 3.27. The van der Waals surface area contributed by atoms with Gasteiger partial charge >= 0.3 is 0 Å². The van der Waals surface area contributed by atoms with Crippen molar-refractivity contribution in [2.24, 2.45) is 18.9 Å². The summed E-state index contributed by atoms with van der Waals surface area (Å²) in [5.74, 6) is 2.60. The lowest BCUT2D eigenvalue weighted by atomic mass is 9.77. The number of ether oxygens (including phenoxy) is 1. The smallest absolute Gasteiger partial charge is 0.122 e. The molecule has 0 unspecified atom stereocenters. The zero-order chi connectivity index (χ0) is 16.7. The molecular weight excluding hydrogens is 302 g/mol. The molecule has 1 saturated heterocycles. The maximum absolute atomic E-state index is 5.84. The first-order valence-electron chi connectivity index (χ1n) is 8.86. The summed E-state index contributed by atoms with van der Waals surface area (Å²) in [4.78, 5) is 7.03. The zero-order valence-corrected chi connectivity index (χ0v) is 14.8. The minimum atomic E-state index is 0.263. The van der Waals surface area contributed by atoms with Gasteiger partial charge in [0.05, 0.1) is 24.9 Å². The number of hydrogen-bond donors (Lipinski definition) is 0. The van der Waals surface area contributed by atoms with Crippen LogP contribution in [0.1, 0.15) is 30.3 Å². The van der Waals surface area contributed by atoms with Crippen LogP contribution in [0.5, 0.6) is 0 Å². The Labute approximate surface area is 143 Å². The van der Waals surface area contributed by atoms with Crippen LogP contribution in [0.15, 0.2) is 24.8 Å². The van der Waals surface area contributed by atoms with Gasteiger partial charge in [0.25, 0.3) is 0 Å². The van der Waals surface area contributed by atoms with Gasteiger partial charge in [0.15, 0.2) is 0 Å². The number of likely N-dealkylation sites (tertiary alicyclic amines) is 1. The molecule has 24 heavy (non-hydrogen) atoms. The van der Waals surface area contributed by atoms with E-state index in [4.69, 9.17) is 4.74 Å². The Morgan fingerprint density at radius 3 is 2.67 bits per heavy atom. The van der Waals surface area contributed by atoms with Crippen LogP contribution in [0.3, 0.4) is 0 Å². The molecule has 3 heterocycles. The fourth-order valence-electron chi connectivity index (χ4n) is 4.51. The highest BCUT2D eigenvalue weighted by Crippen LogP contribution is 2.42. The van der Waals surface area contributed by atoms with Gasteiger partial charge in [0.2, 0.25) is 0 Å². The van der Waals surface area contributed by atoms with E-state index >= 15 is 0 Å². The van der Waals surface area contributed by atoms with E-state index in [0.717, 1.165) is 50.1 Å². The van der Waals surface area contributed by atoms with Gasteiger partial charge in [-0.2, -0.15) is 5.10 Å². The van der Waals surface area contributed by atoms with Crippen molar-refractivity contribution in [1.29, 1.82) is 0 Å². The second kappa shape index (κ2) is 6.33. The van der Waals surface area contributed by atoms with Crippen molar-refractivity contribution in [3.05, 3.63) is 36.2 Å². The van der Waals surface area contributed by atoms with Crippen LogP contribution in [-0.4, -0.2) is 50.5 Å². The quantitative estimate of drug-likeness (QED) is 0.861. The second-order valence-corrected chi connectivity index (χ2v) is 7.48. The molecule has 2 aromatic heterocycles. The molecule has 0 amide bonds. The fraction of sp³-hybridized carbons (Fsp3) is 0.667. The average molecular weight is 329 g/mol. The highest BCUT2D eigenvalue weighted by Gasteiger charge is 2.43. The number of imidazole rings is 1. The Hall–Kier alpha value is -1.66. The maximum Gasteiger partial charge on any atom is 0.122 e. The molecule has 1 saturated carbocycles. The van der Waals surface area contributed by atoms with Crippen LogP contribution in [0.4, 0.5) is 0 Å². The molecule has 4 atom stereocenters. The fourth-order valence-corrected chi connectivity index (χ4v) is 4.51. The Bertz CT molecular complexity index is 693. The molecule has 0 radical (unpaired) electrons. The van der Waals surface area contributed by atoms with E-state index in [1.54, 1.807) is 0 Å². The molecule has 2 fully saturated rings. The molecule has 4 rings (SSSR count). The molecule has 6 nitrogen and oxygen atoms in total. The molecule has 1 aliphatic carbocycles. The molecule has 2 aromatic rings. The largest absolute Gasteiger partial charge is 0.379 e. The molecule has 2 aliphatic rings. The summed E-state index contributed by atoms with van der Waals surface area (Å²) in [5, 5.41) is 4.55. The number of aromatic nitrogens is 4. The van der Waals surface area contributed by atoms with Crippen molar-refractivity contribution < 1.29 is 4.74 Å². The lowest BCUT2D eigenvalue weighted by molar-refractivity contribution is -0.00488. The molecular formula is C18H27N5O. The predicted octanol–water partition coefficient (Wildman–Crippen LogP) is 2.02. The minimum Gasteiger partial charge on any atom is -0.379 e. The minimum absolute atomic E-state index is 0.263. The lowest BCUT2D eigenvalue weighted by Gasteiger charge is -2.37. The first-order chi connectivity index (χ1) is 11.6. The Kier molecular flexibility index (Phi) is 4.18. The number of aryl methyl sites for hydroxylation is 2. The van der Waals surface area contributed by atoms with E-state index in [0.29, 0.717) is 6.04 Å². The molecule has 0 N–H and O–H groups in total. The van der Waals surface area contributed by atoms with Gasteiger partial charge in [-0.1, -0.05) is 0 Å². The van der Waals surface area contributed by atoms with Gasteiger partial charge < -0.3 is 9.30 Å². The molecule has 6 heteroatoms. The highest BCUT2D eigenvalue weighted by atomic mass is 16.5. The topological polar surface area (TPSA) is 48.1 Å². The second-order valence-electron chi connectivity index (χ2n) is 7.48. The first-order valence-corrected chi connectivity index (χ1v) is 8.86. The summed E-state index contributed by atoms with van der Waals surface area (Å²) in [5.41, 5.74) is 1.22. The van der Waals surface area contributed by atoms with Gasteiger partial charge in [-0.15, -0.1) is 0 Å². The van der Waals surface area contributed by atoms with Crippen LogP contribution >= 0.6 is 0 Å². The van der Waals surface area contributed by atoms with Crippen molar-refractivity contribution in [1.82, 2.24) is 24.2 Å². The van der Waals surface area contributed by atoms with E-state index in [2.05, 4.69) is 44.4 Å².